The van der Waals surface area contributed by atoms with Crippen molar-refractivity contribution in [3.8, 4) is 0 Å². The van der Waals surface area contributed by atoms with Crippen molar-refractivity contribution in [2.45, 2.75) is 30.6 Å². The second kappa shape index (κ2) is 8.77. The standard InChI is InChI=1S/C20H17ClF3NO4S/c21-15-6-3-12(20(27)25-13-8-16(22)19(24)17(23)9-13)7-18(15)30(28,29)10-11-1-4-14(26)5-2-11/h3,6-9,11H,1-2,4-5,10H2,(H,25,27). The highest BCUT2D eigenvalue weighted by atomic mass is 35.5. The van der Waals surface area contributed by atoms with Gasteiger partial charge in [0.05, 0.1) is 15.7 Å². The molecule has 0 unspecified atom stereocenters. The molecule has 160 valence electrons. The molecule has 1 N–H and O–H groups in total. The van der Waals surface area contributed by atoms with Crippen LogP contribution in [0.2, 0.25) is 5.02 Å². The Bertz CT molecular complexity index is 1090. The van der Waals surface area contributed by atoms with Crippen LogP contribution >= 0.6 is 11.6 Å². The molecule has 30 heavy (non-hydrogen) atoms. The van der Waals surface area contributed by atoms with Crippen LogP contribution in [-0.2, 0) is 14.6 Å². The smallest absolute Gasteiger partial charge is 0.255 e. The molecule has 2 aromatic rings. The number of amides is 1. The largest absolute Gasteiger partial charge is 0.322 e. The summed E-state index contributed by atoms with van der Waals surface area (Å²) < 4.78 is 65.4. The van der Waals surface area contributed by atoms with Crippen LogP contribution in [0.15, 0.2) is 35.2 Å². The number of carbonyl (C=O) groups excluding carboxylic acids is 2. The number of rotatable bonds is 5. The summed E-state index contributed by atoms with van der Waals surface area (Å²) >= 11 is 6.04. The van der Waals surface area contributed by atoms with E-state index in [1.54, 1.807) is 0 Å². The quantitative estimate of drug-likeness (QED) is 0.665. The number of carbonyl (C=O) groups is 2. The molecular weight excluding hydrogens is 443 g/mol. The first-order chi connectivity index (χ1) is 14.1. The first-order valence-corrected chi connectivity index (χ1v) is 11.1. The van der Waals surface area contributed by atoms with Gasteiger partial charge >= 0.3 is 0 Å². The predicted octanol–water partition coefficient (Wildman–Crippen LogP) is 4.54. The Balaban J connectivity index is 1.82. The van der Waals surface area contributed by atoms with Crippen molar-refractivity contribution in [2.24, 2.45) is 5.92 Å². The lowest BCUT2D eigenvalue weighted by Crippen LogP contribution is -2.22. The number of ketones is 1. The molecule has 1 saturated carbocycles. The van der Waals surface area contributed by atoms with Gasteiger partial charge in [-0.1, -0.05) is 11.6 Å². The number of anilines is 1. The first-order valence-electron chi connectivity index (χ1n) is 9.06. The van der Waals surface area contributed by atoms with Gasteiger partial charge in [-0.25, -0.2) is 21.6 Å². The fourth-order valence-electron chi connectivity index (χ4n) is 3.28. The Kier molecular flexibility index (Phi) is 6.52. The number of nitrogens with one attached hydrogen (secondary N) is 1. The number of hydrogen-bond donors (Lipinski definition) is 1. The van der Waals surface area contributed by atoms with Gasteiger partial charge in [0.25, 0.3) is 5.91 Å². The van der Waals surface area contributed by atoms with E-state index in [0.717, 1.165) is 6.07 Å². The Morgan fingerprint density at radius 3 is 2.27 bits per heavy atom. The summed E-state index contributed by atoms with van der Waals surface area (Å²) in [6, 6.07) is 4.78. The van der Waals surface area contributed by atoms with Crippen LogP contribution in [0.4, 0.5) is 18.9 Å². The number of benzene rings is 2. The van der Waals surface area contributed by atoms with Crippen LogP contribution < -0.4 is 5.32 Å². The molecule has 3 rings (SSSR count). The third-order valence-corrected chi connectivity index (χ3v) is 7.25. The molecule has 0 bridgehead atoms. The maximum Gasteiger partial charge on any atom is 0.255 e. The van der Waals surface area contributed by atoms with Crippen molar-refractivity contribution in [1.82, 2.24) is 0 Å². The number of Topliss-reactive ketones (excluding diaryl/α,β-unsaturated/α-hetero) is 1. The van der Waals surface area contributed by atoms with E-state index in [0.29, 0.717) is 37.8 Å². The van der Waals surface area contributed by atoms with E-state index in [1.165, 1.54) is 12.1 Å². The second-order valence-electron chi connectivity index (χ2n) is 7.12. The number of hydrogen-bond acceptors (Lipinski definition) is 4. The van der Waals surface area contributed by atoms with E-state index in [4.69, 9.17) is 11.6 Å². The minimum Gasteiger partial charge on any atom is -0.322 e. The molecule has 0 aliphatic heterocycles. The van der Waals surface area contributed by atoms with Gasteiger partial charge < -0.3 is 5.32 Å². The van der Waals surface area contributed by atoms with Gasteiger partial charge in [-0.2, -0.15) is 0 Å². The van der Waals surface area contributed by atoms with E-state index in [9.17, 15) is 31.2 Å². The van der Waals surface area contributed by atoms with Crippen LogP contribution in [0.1, 0.15) is 36.0 Å². The van der Waals surface area contributed by atoms with E-state index in [2.05, 4.69) is 5.32 Å². The summed E-state index contributed by atoms with van der Waals surface area (Å²) in [7, 11) is -3.85. The van der Waals surface area contributed by atoms with E-state index in [-0.39, 0.29) is 38.6 Å². The Hall–Kier alpha value is -2.39. The zero-order valence-corrected chi connectivity index (χ0v) is 17.1. The Morgan fingerprint density at radius 2 is 1.67 bits per heavy atom. The van der Waals surface area contributed by atoms with Crippen LogP contribution in [0.3, 0.4) is 0 Å². The van der Waals surface area contributed by atoms with Crippen molar-refractivity contribution in [3.05, 3.63) is 58.4 Å². The lowest BCUT2D eigenvalue weighted by molar-refractivity contribution is -0.120. The molecule has 0 atom stereocenters. The molecule has 5 nitrogen and oxygen atoms in total. The number of halogens is 4. The van der Waals surface area contributed by atoms with Crippen molar-refractivity contribution in [2.75, 3.05) is 11.1 Å². The van der Waals surface area contributed by atoms with E-state index < -0.39 is 33.2 Å². The minimum absolute atomic E-state index is 0.0719. The van der Waals surface area contributed by atoms with Crippen molar-refractivity contribution in [1.29, 1.82) is 0 Å². The average Bonchev–Trinajstić information content (AvgIpc) is 2.67. The molecule has 1 fully saturated rings. The Morgan fingerprint density at radius 1 is 1.07 bits per heavy atom. The van der Waals surface area contributed by atoms with Crippen LogP contribution in [0.25, 0.3) is 0 Å². The summed E-state index contributed by atoms with van der Waals surface area (Å²) in [6.45, 7) is 0. The normalized spacial score (nSPS) is 15.3. The lowest BCUT2D eigenvalue weighted by Gasteiger charge is -2.21. The summed E-state index contributed by atoms with van der Waals surface area (Å²) in [5.41, 5.74) is -0.440. The second-order valence-corrected chi connectivity index (χ2v) is 9.53. The molecule has 0 saturated heterocycles. The van der Waals surface area contributed by atoms with E-state index >= 15 is 0 Å². The van der Waals surface area contributed by atoms with Crippen LogP contribution in [-0.4, -0.2) is 25.9 Å². The van der Waals surface area contributed by atoms with Gasteiger partial charge in [0, 0.05) is 36.2 Å². The van der Waals surface area contributed by atoms with Gasteiger partial charge in [-0.15, -0.1) is 0 Å². The fraction of sp³-hybridized carbons (Fsp3) is 0.300. The predicted molar refractivity (Wildman–Crippen MR) is 105 cm³/mol. The summed E-state index contributed by atoms with van der Waals surface area (Å²) in [5, 5.41) is 2.12. The van der Waals surface area contributed by atoms with Crippen molar-refractivity contribution < 1.29 is 31.2 Å². The highest BCUT2D eigenvalue weighted by Crippen LogP contribution is 2.30. The van der Waals surface area contributed by atoms with Gasteiger partial charge in [0.1, 0.15) is 5.78 Å². The molecule has 1 aliphatic carbocycles. The van der Waals surface area contributed by atoms with Gasteiger partial charge in [-0.05, 0) is 37.0 Å². The molecule has 2 aromatic carbocycles. The molecule has 0 heterocycles. The molecule has 0 aromatic heterocycles. The minimum atomic E-state index is -3.85. The molecule has 1 aliphatic rings. The van der Waals surface area contributed by atoms with Crippen molar-refractivity contribution >= 4 is 38.8 Å². The fourth-order valence-corrected chi connectivity index (χ4v) is 5.56. The van der Waals surface area contributed by atoms with Gasteiger partial charge in [-0.3, -0.25) is 9.59 Å². The van der Waals surface area contributed by atoms with Crippen LogP contribution in [0, 0.1) is 23.4 Å². The third kappa shape index (κ3) is 5.02. The first kappa shape index (κ1) is 22.3. The maximum absolute atomic E-state index is 13.3. The maximum atomic E-state index is 13.3. The summed E-state index contributed by atoms with van der Waals surface area (Å²) in [5.74, 6) is -5.76. The zero-order chi connectivity index (χ0) is 22.1. The number of sulfone groups is 1. The topological polar surface area (TPSA) is 80.3 Å². The van der Waals surface area contributed by atoms with Gasteiger partial charge in [0.2, 0.25) is 0 Å². The van der Waals surface area contributed by atoms with E-state index in [1.807, 2.05) is 0 Å². The third-order valence-electron chi connectivity index (χ3n) is 4.89. The highest BCUT2D eigenvalue weighted by molar-refractivity contribution is 7.91. The summed E-state index contributed by atoms with van der Waals surface area (Å²) in [6.07, 6.45) is 1.61. The molecular formula is C20H17ClF3NO4S. The molecule has 0 radical (unpaired) electrons. The molecule has 1 amide bonds. The zero-order valence-electron chi connectivity index (χ0n) is 15.6. The van der Waals surface area contributed by atoms with Gasteiger partial charge in [0.15, 0.2) is 27.3 Å². The average molecular weight is 460 g/mol. The SMILES string of the molecule is O=C1CCC(CS(=O)(=O)c2cc(C(=O)Nc3cc(F)c(F)c(F)c3)ccc2Cl)CC1. The molecule has 10 heteroatoms. The molecule has 0 spiro atoms. The monoisotopic (exact) mass is 459 g/mol. The van der Waals surface area contributed by atoms with Crippen LogP contribution in [0.5, 0.6) is 0 Å². The highest BCUT2D eigenvalue weighted by Gasteiger charge is 2.27. The van der Waals surface area contributed by atoms with Crippen molar-refractivity contribution in [3.63, 3.8) is 0 Å². The summed E-state index contributed by atoms with van der Waals surface area (Å²) in [4.78, 5) is 23.5. The Labute approximate surface area is 176 Å². The lowest BCUT2D eigenvalue weighted by atomic mass is 9.90.